The van der Waals surface area contributed by atoms with Crippen molar-refractivity contribution in [3.8, 4) is 0 Å². The van der Waals surface area contributed by atoms with E-state index in [0.29, 0.717) is 24.3 Å². The van der Waals surface area contributed by atoms with Gasteiger partial charge in [-0.3, -0.25) is 20.4 Å². The van der Waals surface area contributed by atoms with E-state index in [2.05, 4.69) is 41.2 Å². The van der Waals surface area contributed by atoms with Crippen LogP contribution in [0.4, 0.5) is 0 Å². The summed E-state index contributed by atoms with van der Waals surface area (Å²) in [5.74, 6) is 0.718. The van der Waals surface area contributed by atoms with Crippen LogP contribution >= 0.6 is 0 Å². The van der Waals surface area contributed by atoms with Gasteiger partial charge in [0.15, 0.2) is 5.78 Å². The van der Waals surface area contributed by atoms with Crippen LogP contribution in [0.3, 0.4) is 0 Å². The normalized spacial score (nSPS) is 29.1. The van der Waals surface area contributed by atoms with Gasteiger partial charge in [0, 0.05) is 43.6 Å². The Hall–Kier alpha value is -2.50. The van der Waals surface area contributed by atoms with Gasteiger partial charge in [-0.15, -0.1) is 0 Å². The lowest BCUT2D eigenvalue weighted by atomic mass is 9.81. The Balaban J connectivity index is 1.32. The van der Waals surface area contributed by atoms with Crippen LogP contribution in [0, 0.1) is 5.92 Å². The van der Waals surface area contributed by atoms with Crippen molar-refractivity contribution in [3.05, 3.63) is 71.3 Å². The molecule has 5 heteroatoms. The second-order valence-corrected chi connectivity index (χ2v) is 8.52. The average Bonchev–Trinajstić information content (AvgIpc) is 3.39. The fourth-order valence-electron chi connectivity index (χ4n) is 5.39. The molecule has 5 rings (SSSR count). The molecule has 2 fully saturated rings. The van der Waals surface area contributed by atoms with Crippen LogP contribution in [-0.2, 0) is 4.79 Å². The van der Waals surface area contributed by atoms with E-state index in [9.17, 15) is 9.59 Å². The molecule has 4 atom stereocenters. The number of piperidine rings is 1. The molecule has 5 nitrogen and oxygen atoms in total. The monoisotopic (exact) mass is 389 g/mol. The number of hydrogen-bond donors (Lipinski definition) is 2. The largest absolute Gasteiger partial charge is 0.342 e. The number of benzene rings is 2. The maximum absolute atomic E-state index is 13.4. The van der Waals surface area contributed by atoms with Crippen LogP contribution in [0.25, 0.3) is 0 Å². The third-order valence-corrected chi connectivity index (χ3v) is 6.85. The van der Waals surface area contributed by atoms with Crippen molar-refractivity contribution in [3.63, 3.8) is 0 Å². The number of hydrogen-bond acceptors (Lipinski definition) is 4. The summed E-state index contributed by atoms with van der Waals surface area (Å²) in [6.07, 6.45) is 2.44. The smallest absolute Gasteiger partial charge is 0.230 e. The molecule has 3 aliphatic rings. The number of carbonyl (C=O) groups is 2. The standard InChI is InChI=1S/C24H27N3O2/c28-22-13-20(18-10-4-5-11-19(18)22)24(29)27-12-6-9-17(15-27)23-21(14-25-26-23)16-7-2-1-3-8-16/h1-5,7-8,10-11,17,20-21,23,25-26H,6,9,12-15H2. The predicted molar refractivity (Wildman–Crippen MR) is 112 cm³/mol. The third-order valence-electron chi connectivity index (χ3n) is 6.85. The number of hydrazine groups is 1. The highest BCUT2D eigenvalue weighted by Gasteiger charge is 2.41. The molecule has 2 aliphatic heterocycles. The van der Waals surface area contributed by atoms with Crippen molar-refractivity contribution in [1.29, 1.82) is 0 Å². The van der Waals surface area contributed by atoms with Gasteiger partial charge >= 0.3 is 0 Å². The quantitative estimate of drug-likeness (QED) is 0.848. The first-order valence-electron chi connectivity index (χ1n) is 10.7. The summed E-state index contributed by atoms with van der Waals surface area (Å²) in [6.45, 7) is 2.45. The maximum atomic E-state index is 13.4. The van der Waals surface area contributed by atoms with Gasteiger partial charge in [-0.25, -0.2) is 0 Å². The number of amides is 1. The number of Topliss-reactive ketones (excluding diaryl/α,β-unsaturated/α-hetero) is 1. The Morgan fingerprint density at radius 2 is 1.83 bits per heavy atom. The van der Waals surface area contributed by atoms with Crippen LogP contribution in [0.2, 0.25) is 0 Å². The number of nitrogens with one attached hydrogen (secondary N) is 2. The molecule has 0 aromatic heterocycles. The number of ketones is 1. The Morgan fingerprint density at radius 1 is 1.03 bits per heavy atom. The zero-order chi connectivity index (χ0) is 19.8. The number of rotatable bonds is 3. The SMILES string of the molecule is O=C1CC(C(=O)N2CCCC(C3NNCC3c3ccccc3)C2)c2ccccc21. The van der Waals surface area contributed by atoms with Crippen LogP contribution in [-0.4, -0.2) is 42.3 Å². The summed E-state index contributed by atoms with van der Waals surface area (Å²) in [6, 6.07) is 18.5. The van der Waals surface area contributed by atoms with Crippen molar-refractivity contribution in [1.82, 2.24) is 15.8 Å². The summed E-state index contributed by atoms with van der Waals surface area (Å²) < 4.78 is 0. The Labute approximate surface area is 171 Å². The number of fused-ring (bicyclic) bond motifs is 1. The predicted octanol–water partition coefficient (Wildman–Crippen LogP) is 2.86. The molecule has 0 saturated carbocycles. The van der Waals surface area contributed by atoms with E-state index in [4.69, 9.17) is 0 Å². The minimum absolute atomic E-state index is 0.0957. The second-order valence-electron chi connectivity index (χ2n) is 8.52. The van der Waals surface area contributed by atoms with Gasteiger partial charge in [-0.2, -0.15) is 0 Å². The molecular formula is C24H27N3O2. The molecular weight excluding hydrogens is 362 g/mol. The summed E-state index contributed by atoms with van der Waals surface area (Å²) in [5, 5.41) is 0. The maximum Gasteiger partial charge on any atom is 0.230 e. The van der Waals surface area contributed by atoms with E-state index >= 15 is 0 Å². The molecule has 1 aliphatic carbocycles. The molecule has 150 valence electrons. The van der Waals surface area contributed by atoms with Crippen molar-refractivity contribution in [2.45, 2.75) is 37.1 Å². The second kappa shape index (κ2) is 7.73. The topological polar surface area (TPSA) is 61.4 Å². The molecule has 0 radical (unpaired) electrons. The molecule has 2 N–H and O–H groups in total. The zero-order valence-corrected chi connectivity index (χ0v) is 16.5. The summed E-state index contributed by atoms with van der Waals surface area (Å²) in [7, 11) is 0. The number of nitrogens with zero attached hydrogens (tertiary/aromatic N) is 1. The molecule has 2 heterocycles. The van der Waals surface area contributed by atoms with E-state index in [-0.39, 0.29) is 17.6 Å². The fourth-order valence-corrected chi connectivity index (χ4v) is 5.39. The number of likely N-dealkylation sites (tertiary alicyclic amines) is 1. The van der Waals surface area contributed by atoms with E-state index < -0.39 is 0 Å². The van der Waals surface area contributed by atoms with Crippen molar-refractivity contribution < 1.29 is 9.59 Å². The summed E-state index contributed by atoms with van der Waals surface area (Å²) >= 11 is 0. The lowest BCUT2D eigenvalue weighted by molar-refractivity contribution is -0.134. The van der Waals surface area contributed by atoms with Crippen molar-refractivity contribution >= 4 is 11.7 Å². The summed E-state index contributed by atoms with van der Waals surface area (Å²) in [5.41, 5.74) is 9.80. The van der Waals surface area contributed by atoms with Crippen molar-refractivity contribution in [2.24, 2.45) is 5.92 Å². The summed E-state index contributed by atoms with van der Waals surface area (Å²) in [4.78, 5) is 27.7. The van der Waals surface area contributed by atoms with E-state index in [1.807, 2.05) is 29.2 Å². The third kappa shape index (κ3) is 3.38. The first kappa shape index (κ1) is 18.5. The van der Waals surface area contributed by atoms with E-state index in [1.165, 1.54) is 5.56 Å². The van der Waals surface area contributed by atoms with Gasteiger partial charge in [-0.05, 0) is 29.9 Å². The zero-order valence-electron chi connectivity index (χ0n) is 16.5. The highest BCUT2D eigenvalue weighted by atomic mass is 16.2. The van der Waals surface area contributed by atoms with Gasteiger partial charge in [0.2, 0.25) is 5.91 Å². The van der Waals surface area contributed by atoms with Gasteiger partial charge < -0.3 is 4.90 Å². The first-order valence-corrected chi connectivity index (χ1v) is 10.7. The minimum atomic E-state index is -0.308. The molecule has 1 amide bonds. The highest BCUT2D eigenvalue weighted by molar-refractivity contribution is 6.06. The highest BCUT2D eigenvalue weighted by Crippen LogP contribution is 2.37. The van der Waals surface area contributed by atoms with Crippen LogP contribution in [0.1, 0.15) is 52.6 Å². The van der Waals surface area contributed by atoms with Gasteiger partial charge in [0.1, 0.15) is 0 Å². The first-order chi connectivity index (χ1) is 14.2. The molecule has 4 unspecified atom stereocenters. The lowest BCUT2D eigenvalue weighted by Crippen LogP contribution is -2.49. The Kier molecular flexibility index (Phi) is 4.94. The average molecular weight is 389 g/mol. The molecule has 2 aromatic carbocycles. The molecule has 0 spiro atoms. The van der Waals surface area contributed by atoms with E-state index in [0.717, 1.165) is 43.6 Å². The van der Waals surface area contributed by atoms with Crippen LogP contribution < -0.4 is 10.9 Å². The van der Waals surface area contributed by atoms with Gasteiger partial charge in [0.05, 0.1) is 5.92 Å². The molecule has 2 saturated heterocycles. The van der Waals surface area contributed by atoms with Crippen LogP contribution in [0.15, 0.2) is 54.6 Å². The minimum Gasteiger partial charge on any atom is -0.342 e. The lowest BCUT2D eigenvalue weighted by Gasteiger charge is -2.38. The van der Waals surface area contributed by atoms with Gasteiger partial charge in [0.25, 0.3) is 0 Å². The van der Waals surface area contributed by atoms with Crippen LogP contribution in [0.5, 0.6) is 0 Å². The Morgan fingerprint density at radius 3 is 2.69 bits per heavy atom. The van der Waals surface area contributed by atoms with Gasteiger partial charge in [-0.1, -0.05) is 54.6 Å². The fraction of sp³-hybridized carbons (Fsp3) is 0.417. The molecule has 0 bridgehead atoms. The van der Waals surface area contributed by atoms with Crippen molar-refractivity contribution in [2.75, 3.05) is 19.6 Å². The van der Waals surface area contributed by atoms with E-state index in [1.54, 1.807) is 0 Å². The Bertz CT molecular complexity index is 913. The molecule has 2 aromatic rings. The number of carbonyl (C=O) groups excluding carboxylic acids is 2. The molecule has 29 heavy (non-hydrogen) atoms.